The number of carbonyl (C=O) groups is 2. The van der Waals surface area contributed by atoms with Crippen molar-refractivity contribution in [1.29, 1.82) is 0 Å². The fraction of sp³-hybridized carbons (Fsp3) is 0.486. The molecular weight excluding hydrogens is 665 g/mol. The van der Waals surface area contributed by atoms with Crippen LogP contribution in [0.25, 0.3) is 0 Å². The number of ether oxygens (including phenoxy) is 3. The van der Waals surface area contributed by atoms with Gasteiger partial charge in [-0.2, -0.15) is 0 Å². The maximum atomic E-state index is 14.1. The highest BCUT2D eigenvalue weighted by Crippen LogP contribution is 2.55. The van der Waals surface area contributed by atoms with Gasteiger partial charge < -0.3 is 19.1 Å². The predicted molar refractivity (Wildman–Crippen MR) is 178 cm³/mol. The van der Waals surface area contributed by atoms with Crippen molar-refractivity contribution >= 4 is 50.7 Å². The second-order valence-electron chi connectivity index (χ2n) is 13.5. The predicted octanol–water partition coefficient (Wildman–Crippen LogP) is 9.07. The Kier molecular flexibility index (Phi) is 9.63. The molecule has 0 bridgehead atoms. The number of hydrogen-bond acceptors (Lipinski definition) is 6. The topological polar surface area (TPSA) is 65.1 Å². The Balaban J connectivity index is 1.65. The van der Waals surface area contributed by atoms with Crippen LogP contribution in [0.3, 0.4) is 0 Å². The fourth-order valence-corrected chi connectivity index (χ4v) is 7.67. The lowest BCUT2D eigenvalue weighted by molar-refractivity contribution is -0.119. The van der Waals surface area contributed by atoms with Crippen LogP contribution >= 0.6 is 39.1 Å². The van der Waals surface area contributed by atoms with Crippen LogP contribution in [0.5, 0.6) is 11.5 Å². The molecule has 0 aromatic heterocycles. The van der Waals surface area contributed by atoms with Gasteiger partial charge in [-0.25, -0.2) is 0 Å². The molecule has 0 saturated heterocycles. The monoisotopic (exact) mass is 703 g/mol. The van der Waals surface area contributed by atoms with E-state index in [9.17, 15) is 9.59 Å². The Morgan fingerprint density at radius 1 is 0.886 bits per heavy atom. The van der Waals surface area contributed by atoms with Crippen molar-refractivity contribution in [2.24, 2.45) is 10.8 Å². The van der Waals surface area contributed by atoms with E-state index in [2.05, 4.69) is 48.5 Å². The Morgan fingerprint density at radius 2 is 1.50 bits per heavy atom. The molecule has 0 unspecified atom stereocenters. The average molecular weight is 706 g/mol. The number of ketones is 2. The van der Waals surface area contributed by atoms with Crippen LogP contribution in [0, 0.1) is 10.8 Å². The second kappa shape index (κ2) is 12.8. The highest BCUT2D eigenvalue weighted by molar-refractivity contribution is 9.10. The first-order chi connectivity index (χ1) is 20.7. The molecule has 1 aliphatic heterocycles. The van der Waals surface area contributed by atoms with E-state index >= 15 is 0 Å². The van der Waals surface area contributed by atoms with Crippen molar-refractivity contribution in [2.75, 3.05) is 26.9 Å². The molecule has 3 aliphatic rings. The van der Waals surface area contributed by atoms with Crippen LogP contribution in [0.4, 0.5) is 0 Å². The van der Waals surface area contributed by atoms with Crippen LogP contribution in [0.15, 0.2) is 57.3 Å². The Labute approximate surface area is 278 Å². The third-order valence-corrected chi connectivity index (χ3v) is 9.90. The number of halogens is 3. The van der Waals surface area contributed by atoms with E-state index in [1.807, 2.05) is 25.1 Å². The summed E-state index contributed by atoms with van der Waals surface area (Å²) in [4.78, 5) is 30.4. The van der Waals surface area contributed by atoms with Gasteiger partial charge in [-0.1, -0.05) is 57.0 Å². The number of nitrogens with zero attached hydrogens (tertiary/aromatic N) is 1. The number of Topliss-reactive ketones (excluding diaryl/α,β-unsaturated/α-hetero) is 2. The highest BCUT2D eigenvalue weighted by Gasteiger charge is 2.49. The quantitative estimate of drug-likeness (QED) is 0.260. The van der Waals surface area contributed by atoms with Gasteiger partial charge >= 0.3 is 0 Å². The number of methoxy groups -OCH3 is 1. The van der Waals surface area contributed by atoms with E-state index in [-0.39, 0.29) is 29.0 Å². The first-order valence-electron chi connectivity index (χ1n) is 15.1. The zero-order valence-electron chi connectivity index (χ0n) is 26.2. The molecule has 44 heavy (non-hydrogen) atoms. The van der Waals surface area contributed by atoms with Crippen molar-refractivity contribution in [3.63, 3.8) is 0 Å². The molecule has 6 nitrogen and oxygen atoms in total. The van der Waals surface area contributed by atoms with Gasteiger partial charge in [-0.05, 0) is 81.9 Å². The Bertz CT molecular complexity index is 1510. The van der Waals surface area contributed by atoms with Crippen LogP contribution in [0.1, 0.15) is 77.3 Å². The molecule has 0 radical (unpaired) electrons. The lowest BCUT2D eigenvalue weighted by atomic mass is 9.63. The van der Waals surface area contributed by atoms with Gasteiger partial charge in [-0.15, -0.1) is 0 Å². The van der Waals surface area contributed by atoms with Gasteiger partial charge in [0, 0.05) is 55.0 Å². The summed E-state index contributed by atoms with van der Waals surface area (Å²) < 4.78 is 18.6. The van der Waals surface area contributed by atoms with Crippen LogP contribution in [0.2, 0.25) is 10.0 Å². The maximum absolute atomic E-state index is 14.1. The molecule has 0 fully saturated rings. The number of rotatable bonds is 9. The van der Waals surface area contributed by atoms with E-state index < -0.39 is 5.92 Å². The third-order valence-electron chi connectivity index (χ3n) is 8.57. The van der Waals surface area contributed by atoms with E-state index in [4.69, 9.17) is 37.4 Å². The lowest BCUT2D eigenvalue weighted by Crippen LogP contribution is -2.45. The molecule has 2 aromatic carbocycles. The minimum Gasteiger partial charge on any atom is -0.490 e. The maximum Gasteiger partial charge on any atom is 0.175 e. The summed E-state index contributed by atoms with van der Waals surface area (Å²) in [5, 5.41) is 0.936. The molecule has 0 atom stereocenters. The largest absolute Gasteiger partial charge is 0.490 e. The molecule has 5 rings (SSSR count). The van der Waals surface area contributed by atoms with Gasteiger partial charge in [-0.3, -0.25) is 9.59 Å². The molecule has 0 N–H and O–H groups in total. The second-order valence-corrected chi connectivity index (χ2v) is 15.1. The molecule has 2 aliphatic carbocycles. The van der Waals surface area contributed by atoms with E-state index in [0.717, 1.165) is 35.4 Å². The fourth-order valence-electron chi connectivity index (χ4n) is 6.78. The lowest BCUT2D eigenvalue weighted by Gasteiger charge is -2.49. The van der Waals surface area contributed by atoms with Crippen molar-refractivity contribution in [1.82, 2.24) is 4.90 Å². The zero-order chi connectivity index (χ0) is 32.0. The summed E-state index contributed by atoms with van der Waals surface area (Å²) in [6, 6.07) is 9.28. The Hall–Kier alpha value is -2.32. The molecular formula is C35H40BrCl2NO5. The summed E-state index contributed by atoms with van der Waals surface area (Å²) in [7, 11) is 1.68. The van der Waals surface area contributed by atoms with Gasteiger partial charge in [0.1, 0.15) is 6.61 Å². The summed E-state index contributed by atoms with van der Waals surface area (Å²) in [6.07, 6.45) is 2.33. The van der Waals surface area contributed by atoms with E-state index in [0.29, 0.717) is 69.8 Å². The summed E-state index contributed by atoms with van der Waals surface area (Å²) in [5.41, 5.74) is 4.73. The van der Waals surface area contributed by atoms with Crippen molar-refractivity contribution < 1.29 is 23.8 Å². The molecule has 0 saturated carbocycles. The van der Waals surface area contributed by atoms with Gasteiger partial charge in [0.25, 0.3) is 0 Å². The van der Waals surface area contributed by atoms with Crippen molar-refractivity contribution in [3.8, 4) is 11.5 Å². The average Bonchev–Trinajstić information content (AvgIpc) is 2.91. The molecule has 9 heteroatoms. The van der Waals surface area contributed by atoms with E-state index in [1.54, 1.807) is 19.2 Å². The van der Waals surface area contributed by atoms with Crippen LogP contribution in [-0.4, -0.2) is 43.3 Å². The first kappa shape index (κ1) is 33.1. The van der Waals surface area contributed by atoms with Crippen LogP contribution in [-0.2, 0) is 20.9 Å². The number of allylic oxidation sites excluding steroid dienone is 4. The minimum absolute atomic E-state index is 0.0851. The summed E-state index contributed by atoms with van der Waals surface area (Å²) >= 11 is 16.1. The molecule has 2 aromatic rings. The van der Waals surface area contributed by atoms with Gasteiger partial charge in [0.2, 0.25) is 0 Å². The SMILES string of the molecule is CCOc1cc(C2C3=C(CC(C)(C)CC3=O)N(CCOC)C3=C2C(=O)CC(C)(C)C3)cc(Br)c1OCc1ccc(Cl)c(Cl)c1. The zero-order valence-corrected chi connectivity index (χ0v) is 29.3. The smallest absolute Gasteiger partial charge is 0.175 e. The number of carbonyl (C=O) groups excluding carboxylic acids is 2. The minimum atomic E-state index is -0.495. The van der Waals surface area contributed by atoms with Gasteiger partial charge in [0.15, 0.2) is 23.1 Å². The number of benzene rings is 2. The van der Waals surface area contributed by atoms with E-state index in [1.165, 1.54) is 0 Å². The molecule has 0 amide bonds. The normalized spacial score (nSPS) is 19.7. The van der Waals surface area contributed by atoms with Crippen molar-refractivity contribution in [3.05, 3.63) is 78.5 Å². The standard InChI is InChI=1S/C35H40BrCl2NO5/c1-7-43-29-14-21(13-22(36)33(29)44-19-20-8-9-23(37)24(38)12-20)30-31-25(15-34(2,3)17-27(31)40)39(10-11-42-6)26-16-35(4,5)18-28(41)32(26)30/h8-9,12-14,30H,7,10-11,15-19H2,1-6H3. The Morgan fingerprint density at radius 3 is 2.05 bits per heavy atom. The molecule has 0 spiro atoms. The third kappa shape index (κ3) is 6.62. The summed E-state index contributed by atoms with van der Waals surface area (Å²) in [6.45, 7) is 12.2. The number of hydrogen-bond donors (Lipinski definition) is 0. The van der Waals surface area contributed by atoms with Crippen molar-refractivity contribution in [2.45, 2.75) is 72.8 Å². The molecule has 1 heterocycles. The van der Waals surface area contributed by atoms with Gasteiger partial charge in [0.05, 0.1) is 27.7 Å². The first-order valence-corrected chi connectivity index (χ1v) is 16.6. The van der Waals surface area contributed by atoms with Crippen LogP contribution < -0.4 is 9.47 Å². The summed E-state index contributed by atoms with van der Waals surface area (Å²) in [5.74, 6) is 0.749. The molecule has 236 valence electrons. The highest BCUT2D eigenvalue weighted by atomic mass is 79.9.